The quantitative estimate of drug-likeness (QED) is 0.633. The topological polar surface area (TPSA) is 84.0 Å². The fourth-order valence-electron chi connectivity index (χ4n) is 1.85. The molecule has 1 aromatic heterocycles. The second kappa shape index (κ2) is 4.57. The zero-order valence-corrected chi connectivity index (χ0v) is 10.8. The molecule has 102 valence electrons. The van der Waals surface area contributed by atoms with Crippen LogP contribution in [0.1, 0.15) is 0 Å². The first kappa shape index (κ1) is 12.6. The number of benzene rings is 2. The number of nitrogens with two attached hydrogens (primary N) is 1. The number of oxazole rings is 1. The van der Waals surface area contributed by atoms with Gasteiger partial charge in [-0.3, -0.25) is 4.98 Å². The van der Waals surface area contributed by atoms with E-state index < -0.39 is 11.6 Å². The first-order chi connectivity index (χ1) is 9.52. The number of H-pyrrole nitrogens is 1. The lowest BCUT2D eigenvalue weighted by Gasteiger charge is -2.09. The molecular weight excluding hydrogens is 285 g/mol. The van der Waals surface area contributed by atoms with Crippen molar-refractivity contribution in [1.82, 2.24) is 4.98 Å². The molecule has 0 atom stereocenters. The Balaban J connectivity index is 2.02. The summed E-state index contributed by atoms with van der Waals surface area (Å²) in [6.07, 6.45) is 0. The van der Waals surface area contributed by atoms with Gasteiger partial charge in [-0.15, -0.1) is 0 Å². The first-order valence-electron chi connectivity index (χ1n) is 5.67. The van der Waals surface area contributed by atoms with Gasteiger partial charge in [-0.2, -0.15) is 0 Å². The summed E-state index contributed by atoms with van der Waals surface area (Å²) < 4.78 is 18.3. The summed E-state index contributed by atoms with van der Waals surface area (Å²) in [5.74, 6) is -1.10. The Morgan fingerprint density at radius 2 is 2.10 bits per heavy atom. The molecule has 0 fully saturated rings. The molecule has 20 heavy (non-hydrogen) atoms. The molecule has 0 saturated heterocycles. The van der Waals surface area contributed by atoms with Crippen LogP contribution >= 0.6 is 11.6 Å². The number of hydrogen-bond donors (Lipinski definition) is 3. The van der Waals surface area contributed by atoms with E-state index in [0.29, 0.717) is 28.2 Å². The van der Waals surface area contributed by atoms with Gasteiger partial charge < -0.3 is 15.5 Å². The normalized spacial score (nSPS) is 10.9. The minimum Gasteiger partial charge on any atom is -0.408 e. The number of nitrogens with one attached hydrogen (secondary N) is 2. The van der Waals surface area contributed by atoms with Crippen molar-refractivity contribution in [3.05, 3.63) is 51.7 Å². The van der Waals surface area contributed by atoms with Crippen molar-refractivity contribution < 1.29 is 8.81 Å². The average molecular weight is 294 g/mol. The van der Waals surface area contributed by atoms with Crippen LogP contribution in [0.4, 0.5) is 21.5 Å². The van der Waals surface area contributed by atoms with Crippen LogP contribution in [0.15, 0.2) is 39.5 Å². The Hall–Kier alpha value is -2.47. The molecule has 1 heterocycles. The van der Waals surface area contributed by atoms with Crippen molar-refractivity contribution in [3.63, 3.8) is 0 Å². The lowest BCUT2D eigenvalue weighted by atomic mass is 10.2. The Labute approximate surface area is 117 Å². The van der Waals surface area contributed by atoms with E-state index in [-0.39, 0.29) is 5.02 Å². The van der Waals surface area contributed by atoms with Gasteiger partial charge in [-0.1, -0.05) is 11.6 Å². The second-order valence-corrected chi connectivity index (χ2v) is 4.61. The predicted molar refractivity (Wildman–Crippen MR) is 75.9 cm³/mol. The molecule has 0 spiro atoms. The van der Waals surface area contributed by atoms with Crippen LogP contribution in [-0.4, -0.2) is 4.98 Å². The van der Waals surface area contributed by atoms with Crippen LogP contribution in [0.2, 0.25) is 5.02 Å². The van der Waals surface area contributed by atoms with Crippen LogP contribution < -0.4 is 16.8 Å². The van der Waals surface area contributed by atoms with Crippen molar-refractivity contribution in [2.45, 2.75) is 0 Å². The summed E-state index contributed by atoms with van der Waals surface area (Å²) in [7, 11) is 0. The molecule has 0 unspecified atom stereocenters. The molecular formula is C13H9ClFN3O2. The second-order valence-electron chi connectivity index (χ2n) is 4.20. The Bertz CT molecular complexity index is 856. The zero-order valence-electron chi connectivity index (χ0n) is 10.0. The maximum Gasteiger partial charge on any atom is 0.417 e. The monoisotopic (exact) mass is 293 g/mol. The molecule has 0 radical (unpaired) electrons. The van der Waals surface area contributed by atoms with E-state index in [9.17, 15) is 9.18 Å². The van der Waals surface area contributed by atoms with E-state index in [2.05, 4.69) is 10.3 Å². The number of nitrogen functional groups attached to an aromatic ring is 1. The van der Waals surface area contributed by atoms with Gasteiger partial charge >= 0.3 is 5.76 Å². The highest BCUT2D eigenvalue weighted by Crippen LogP contribution is 2.28. The highest BCUT2D eigenvalue weighted by Gasteiger charge is 2.08. The van der Waals surface area contributed by atoms with Gasteiger partial charge in [-0.25, -0.2) is 9.18 Å². The van der Waals surface area contributed by atoms with E-state index in [1.807, 2.05) is 0 Å². The number of anilines is 3. The number of rotatable bonds is 2. The molecule has 0 amide bonds. The van der Waals surface area contributed by atoms with Gasteiger partial charge in [0, 0.05) is 11.8 Å². The third-order valence-electron chi connectivity index (χ3n) is 2.79. The maximum atomic E-state index is 13.4. The van der Waals surface area contributed by atoms with Crippen LogP contribution in [0.3, 0.4) is 0 Å². The molecule has 2 aromatic carbocycles. The minimum absolute atomic E-state index is 0.0399. The van der Waals surface area contributed by atoms with Gasteiger partial charge in [0.05, 0.1) is 21.9 Å². The van der Waals surface area contributed by atoms with Crippen molar-refractivity contribution in [2.24, 2.45) is 0 Å². The predicted octanol–water partition coefficient (Wildman–Crippen LogP) is 3.24. The summed E-state index contributed by atoms with van der Waals surface area (Å²) in [4.78, 5) is 13.6. The van der Waals surface area contributed by atoms with Gasteiger partial charge in [0.15, 0.2) is 5.58 Å². The Morgan fingerprint density at radius 1 is 1.30 bits per heavy atom. The third-order valence-corrected chi connectivity index (χ3v) is 3.10. The van der Waals surface area contributed by atoms with Crippen LogP contribution in [0.25, 0.3) is 11.1 Å². The number of aromatic amines is 1. The van der Waals surface area contributed by atoms with E-state index in [1.54, 1.807) is 12.1 Å². The zero-order chi connectivity index (χ0) is 14.3. The van der Waals surface area contributed by atoms with E-state index >= 15 is 0 Å². The molecule has 7 heteroatoms. The van der Waals surface area contributed by atoms with E-state index in [0.717, 1.165) is 0 Å². The first-order valence-corrected chi connectivity index (χ1v) is 6.05. The number of hydrogen-bond acceptors (Lipinski definition) is 4. The van der Waals surface area contributed by atoms with Crippen LogP contribution in [0.5, 0.6) is 0 Å². The van der Waals surface area contributed by atoms with Crippen molar-refractivity contribution >= 4 is 39.8 Å². The highest BCUT2D eigenvalue weighted by molar-refractivity contribution is 6.30. The maximum absolute atomic E-state index is 13.4. The molecule has 0 aliphatic heterocycles. The molecule has 5 nitrogen and oxygen atoms in total. The summed E-state index contributed by atoms with van der Waals surface area (Å²) in [5.41, 5.74) is 8.10. The summed E-state index contributed by atoms with van der Waals surface area (Å²) in [6, 6.07) is 7.44. The number of fused-ring (bicyclic) bond motifs is 1. The van der Waals surface area contributed by atoms with Gasteiger partial charge in [-0.05, 0) is 24.3 Å². The highest BCUT2D eigenvalue weighted by atomic mass is 35.5. The standard InChI is InChI=1S/C13H9ClFN3O2/c14-7-2-1-6(3-8(7)15)17-10-5-11-12(4-9(10)16)20-13(19)18-11/h1-5,17H,16H2,(H,18,19). The fraction of sp³-hybridized carbons (Fsp3) is 0. The number of halogens is 2. The molecule has 0 aliphatic rings. The van der Waals surface area contributed by atoms with Gasteiger partial charge in [0.2, 0.25) is 0 Å². The SMILES string of the molecule is Nc1cc2oc(=O)[nH]c2cc1Nc1ccc(Cl)c(F)c1. The van der Waals surface area contributed by atoms with E-state index in [1.165, 1.54) is 18.2 Å². The fourth-order valence-corrected chi connectivity index (χ4v) is 1.97. The molecule has 3 aromatic rings. The molecule has 0 saturated carbocycles. The summed E-state index contributed by atoms with van der Waals surface area (Å²) in [6.45, 7) is 0. The van der Waals surface area contributed by atoms with Crippen molar-refractivity contribution in [2.75, 3.05) is 11.1 Å². The molecule has 0 aliphatic carbocycles. The van der Waals surface area contributed by atoms with Crippen molar-refractivity contribution in [1.29, 1.82) is 0 Å². The lowest BCUT2D eigenvalue weighted by Crippen LogP contribution is -1.97. The van der Waals surface area contributed by atoms with Gasteiger partial charge in [0.25, 0.3) is 0 Å². The Morgan fingerprint density at radius 3 is 2.85 bits per heavy atom. The molecule has 3 rings (SSSR count). The summed E-state index contributed by atoms with van der Waals surface area (Å²) >= 11 is 5.62. The minimum atomic E-state index is -0.561. The molecule has 4 N–H and O–H groups in total. The lowest BCUT2D eigenvalue weighted by molar-refractivity contribution is 0.555. The smallest absolute Gasteiger partial charge is 0.408 e. The van der Waals surface area contributed by atoms with Crippen LogP contribution in [-0.2, 0) is 0 Å². The van der Waals surface area contributed by atoms with Gasteiger partial charge in [0.1, 0.15) is 5.82 Å². The Kier molecular flexibility index (Phi) is 2.87. The number of aromatic nitrogens is 1. The van der Waals surface area contributed by atoms with Crippen LogP contribution in [0, 0.1) is 5.82 Å². The third kappa shape index (κ3) is 2.21. The van der Waals surface area contributed by atoms with E-state index in [4.69, 9.17) is 21.8 Å². The largest absolute Gasteiger partial charge is 0.417 e. The van der Waals surface area contributed by atoms with Crippen molar-refractivity contribution in [3.8, 4) is 0 Å². The molecule has 0 bridgehead atoms. The average Bonchev–Trinajstić information content (AvgIpc) is 2.73. The summed E-state index contributed by atoms with van der Waals surface area (Å²) in [5, 5.41) is 2.99.